The third-order valence-electron chi connectivity index (χ3n) is 4.69. The number of hydrogen-bond acceptors (Lipinski definition) is 4. The van der Waals surface area contributed by atoms with Crippen molar-refractivity contribution in [1.82, 2.24) is 0 Å². The fourth-order valence-corrected chi connectivity index (χ4v) is 3.32. The number of aryl methyl sites for hydroxylation is 1. The Morgan fingerprint density at radius 3 is 2.57 bits per heavy atom. The van der Waals surface area contributed by atoms with E-state index in [4.69, 9.17) is 21.1 Å². The third kappa shape index (κ3) is 3.89. The second-order valence-electron chi connectivity index (χ2n) is 6.52. The summed E-state index contributed by atoms with van der Waals surface area (Å²) < 4.78 is 24.2. The Bertz CT molecular complexity index is 935. The van der Waals surface area contributed by atoms with Gasteiger partial charge in [-0.1, -0.05) is 17.7 Å². The second-order valence-corrected chi connectivity index (χ2v) is 6.92. The van der Waals surface area contributed by atoms with Gasteiger partial charge in [-0.25, -0.2) is 4.39 Å². The van der Waals surface area contributed by atoms with Crippen LogP contribution in [0.2, 0.25) is 5.02 Å². The minimum Gasteiger partial charge on any atom is -0.495 e. The van der Waals surface area contributed by atoms with Crippen LogP contribution in [0.25, 0.3) is 0 Å². The normalized spacial score (nSPS) is 16.2. The molecule has 2 aromatic carbocycles. The van der Waals surface area contributed by atoms with E-state index in [-0.39, 0.29) is 24.8 Å². The molecule has 2 aromatic rings. The molecule has 2 amide bonds. The molecule has 0 aromatic heterocycles. The van der Waals surface area contributed by atoms with Crippen LogP contribution in [0.3, 0.4) is 0 Å². The quantitative estimate of drug-likeness (QED) is 0.820. The van der Waals surface area contributed by atoms with Gasteiger partial charge in [-0.2, -0.15) is 0 Å². The van der Waals surface area contributed by atoms with E-state index in [0.717, 1.165) is 0 Å². The Morgan fingerprint density at radius 2 is 1.93 bits per heavy atom. The summed E-state index contributed by atoms with van der Waals surface area (Å²) in [5.41, 5.74) is 1.31. The first kappa shape index (κ1) is 19.9. The average Bonchev–Trinajstić information content (AvgIpc) is 3.06. The van der Waals surface area contributed by atoms with Gasteiger partial charge in [0, 0.05) is 24.7 Å². The summed E-state index contributed by atoms with van der Waals surface area (Å²) in [7, 11) is 2.94. The minimum atomic E-state index is -0.581. The molecule has 28 heavy (non-hydrogen) atoms. The van der Waals surface area contributed by atoms with Crippen LogP contribution in [0.5, 0.6) is 11.5 Å². The lowest BCUT2D eigenvalue weighted by Gasteiger charge is -2.18. The molecule has 148 valence electrons. The van der Waals surface area contributed by atoms with Crippen LogP contribution in [0.1, 0.15) is 12.0 Å². The molecular weight excluding hydrogens is 387 g/mol. The highest BCUT2D eigenvalue weighted by Crippen LogP contribution is 2.36. The molecule has 1 atom stereocenters. The first-order valence-corrected chi connectivity index (χ1v) is 9.00. The van der Waals surface area contributed by atoms with Crippen LogP contribution in [0.4, 0.5) is 15.8 Å². The van der Waals surface area contributed by atoms with E-state index in [1.165, 1.54) is 31.3 Å². The van der Waals surface area contributed by atoms with E-state index in [2.05, 4.69) is 5.32 Å². The van der Waals surface area contributed by atoms with Crippen molar-refractivity contribution in [3.05, 3.63) is 46.7 Å². The SMILES string of the molecule is COc1cc(OC)c(NC(=O)[C@H]2CC(=O)N(c3ccc(C)c(F)c3)C2)cc1Cl. The van der Waals surface area contributed by atoms with E-state index >= 15 is 0 Å². The molecule has 6 nitrogen and oxygen atoms in total. The van der Waals surface area contributed by atoms with Gasteiger partial charge >= 0.3 is 0 Å². The Morgan fingerprint density at radius 1 is 1.21 bits per heavy atom. The standard InChI is InChI=1S/C20H20ClFN2O4/c1-11-4-5-13(7-15(11)22)24-10-12(6-19(24)25)20(26)23-16-8-14(21)17(27-2)9-18(16)28-3/h4-5,7-9,12H,6,10H2,1-3H3,(H,23,26)/t12-/m0/s1. The molecule has 1 saturated heterocycles. The number of anilines is 2. The number of hydrogen-bond donors (Lipinski definition) is 1. The Hall–Kier alpha value is -2.80. The average molecular weight is 407 g/mol. The Kier molecular flexibility index (Phi) is 5.74. The van der Waals surface area contributed by atoms with Gasteiger partial charge in [0.05, 0.1) is 30.8 Å². The van der Waals surface area contributed by atoms with Gasteiger partial charge in [-0.15, -0.1) is 0 Å². The van der Waals surface area contributed by atoms with E-state index < -0.39 is 11.7 Å². The summed E-state index contributed by atoms with van der Waals surface area (Å²) in [5, 5.41) is 3.07. The first-order chi connectivity index (χ1) is 13.3. The molecular formula is C20H20ClFN2O4. The highest BCUT2D eigenvalue weighted by molar-refractivity contribution is 6.32. The zero-order valence-corrected chi connectivity index (χ0v) is 16.5. The molecule has 0 bridgehead atoms. The Labute approximate surface area is 167 Å². The van der Waals surface area contributed by atoms with Crippen LogP contribution >= 0.6 is 11.6 Å². The molecule has 3 rings (SSSR count). The zero-order valence-electron chi connectivity index (χ0n) is 15.7. The summed E-state index contributed by atoms with van der Waals surface area (Å²) in [4.78, 5) is 26.5. The van der Waals surface area contributed by atoms with Crippen LogP contribution in [-0.2, 0) is 9.59 Å². The molecule has 1 aliphatic heterocycles. The van der Waals surface area contributed by atoms with Gasteiger partial charge in [-0.05, 0) is 30.7 Å². The summed E-state index contributed by atoms with van der Waals surface area (Å²) in [6.45, 7) is 1.81. The molecule has 1 aliphatic rings. The third-order valence-corrected chi connectivity index (χ3v) is 4.99. The van der Waals surface area contributed by atoms with Crippen molar-refractivity contribution in [2.45, 2.75) is 13.3 Å². The maximum Gasteiger partial charge on any atom is 0.229 e. The second kappa shape index (κ2) is 8.06. The van der Waals surface area contributed by atoms with Crippen molar-refractivity contribution in [2.24, 2.45) is 5.92 Å². The summed E-state index contributed by atoms with van der Waals surface area (Å²) in [6.07, 6.45) is 0.0352. The van der Waals surface area contributed by atoms with Gasteiger partial charge in [0.1, 0.15) is 17.3 Å². The van der Waals surface area contributed by atoms with Crippen molar-refractivity contribution >= 4 is 34.8 Å². The van der Waals surface area contributed by atoms with E-state index in [1.807, 2.05) is 0 Å². The fraction of sp³-hybridized carbons (Fsp3) is 0.300. The van der Waals surface area contributed by atoms with Gasteiger partial charge in [0.15, 0.2) is 0 Å². The van der Waals surface area contributed by atoms with Crippen molar-refractivity contribution in [3.63, 3.8) is 0 Å². The fourth-order valence-electron chi connectivity index (χ4n) is 3.07. The molecule has 0 radical (unpaired) electrons. The smallest absolute Gasteiger partial charge is 0.229 e. The van der Waals surface area contributed by atoms with Crippen molar-refractivity contribution < 1.29 is 23.5 Å². The molecule has 0 aliphatic carbocycles. The predicted molar refractivity (Wildman–Crippen MR) is 105 cm³/mol. The molecule has 0 spiro atoms. The number of benzene rings is 2. The van der Waals surface area contributed by atoms with Crippen LogP contribution in [-0.4, -0.2) is 32.6 Å². The molecule has 0 unspecified atom stereocenters. The van der Waals surface area contributed by atoms with Gasteiger partial charge < -0.3 is 19.7 Å². The number of nitrogens with zero attached hydrogens (tertiary/aromatic N) is 1. The summed E-state index contributed by atoms with van der Waals surface area (Å²) in [6, 6.07) is 7.68. The lowest BCUT2D eigenvalue weighted by atomic mass is 10.1. The van der Waals surface area contributed by atoms with E-state index in [0.29, 0.717) is 33.5 Å². The van der Waals surface area contributed by atoms with E-state index in [1.54, 1.807) is 25.1 Å². The van der Waals surface area contributed by atoms with Gasteiger partial charge in [-0.3, -0.25) is 9.59 Å². The lowest BCUT2D eigenvalue weighted by molar-refractivity contribution is -0.122. The van der Waals surface area contributed by atoms with Crippen LogP contribution in [0, 0.1) is 18.7 Å². The Balaban J connectivity index is 1.76. The molecule has 0 saturated carbocycles. The first-order valence-electron chi connectivity index (χ1n) is 8.63. The molecule has 1 heterocycles. The summed E-state index contributed by atoms with van der Waals surface area (Å²) >= 11 is 6.13. The lowest BCUT2D eigenvalue weighted by Crippen LogP contribution is -2.28. The van der Waals surface area contributed by atoms with Gasteiger partial charge in [0.25, 0.3) is 0 Å². The number of amides is 2. The monoisotopic (exact) mass is 406 g/mol. The number of carbonyl (C=O) groups is 2. The molecule has 8 heteroatoms. The number of methoxy groups -OCH3 is 2. The minimum absolute atomic E-state index is 0.0352. The number of halogens is 2. The van der Waals surface area contributed by atoms with E-state index in [9.17, 15) is 14.0 Å². The number of rotatable bonds is 5. The number of carbonyl (C=O) groups excluding carboxylic acids is 2. The maximum atomic E-state index is 13.8. The van der Waals surface area contributed by atoms with Crippen LogP contribution < -0.4 is 19.7 Å². The number of ether oxygens (including phenoxy) is 2. The highest BCUT2D eigenvalue weighted by Gasteiger charge is 2.35. The highest BCUT2D eigenvalue weighted by atomic mass is 35.5. The number of nitrogens with one attached hydrogen (secondary N) is 1. The predicted octanol–water partition coefficient (Wildman–Crippen LogP) is 3.80. The van der Waals surface area contributed by atoms with Crippen molar-refractivity contribution in [2.75, 3.05) is 31.0 Å². The maximum absolute atomic E-state index is 13.8. The topological polar surface area (TPSA) is 67.9 Å². The largest absolute Gasteiger partial charge is 0.495 e. The summed E-state index contributed by atoms with van der Waals surface area (Å²) in [5.74, 6) is -0.749. The zero-order chi connectivity index (χ0) is 20.4. The molecule has 1 fully saturated rings. The van der Waals surface area contributed by atoms with Crippen LogP contribution in [0.15, 0.2) is 30.3 Å². The van der Waals surface area contributed by atoms with Crippen molar-refractivity contribution in [1.29, 1.82) is 0 Å². The molecule has 1 N–H and O–H groups in total. The van der Waals surface area contributed by atoms with Crippen molar-refractivity contribution in [3.8, 4) is 11.5 Å². The van der Waals surface area contributed by atoms with Gasteiger partial charge in [0.2, 0.25) is 11.8 Å².